The molecule has 2 aromatic carbocycles. The van der Waals surface area contributed by atoms with E-state index in [0.717, 1.165) is 11.3 Å². The summed E-state index contributed by atoms with van der Waals surface area (Å²) in [6.07, 6.45) is 0. The number of halogens is 3. The maximum absolute atomic E-state index is 12.7. The molecule has 0 bridgehead atoms. The number of sulfone groups is 1. The van der Waals surface area contributed by atoms with E-state index in [1.54, 1.807) is 24.3 Å². The second-order valence-electron chi connectivity index (χ2n) is 5.08. The molecule has 3 nitrogen and oxygen atoms in total. The Labute approximate surface area is 157 Å². The van der Waals surface area contributed by atoms with Gasteiger partial charge in [-0.05, 0) is 41.3 Å². The first kappa shape index (κ1) is 17.7. The van der Waals surface area contributed by atoms with Crippen molar-refractivity contribution in [2.75, 3.05) is 0 Å². The second kappa shape index (κ2) is 6.65. The van der Waals surface area contributed by atoms with Gasteiger partial charge in [0.15, 0.2) is 9.84 Å². The van der Waals surface area contributed by atoms with Crippen LogP contribution >= 0.6 is 46.1 Å². The van der Waals surface area contributed by atoms with Crippen molar-refractivity contribution in [1.29, 1.82) is 0 Å². The van der Waals surface area contributed by atoms with Gasteiger partial charge in [-0.25, -0.2) is 8.42 Å². The molecular weight excluding hydrogens is 411 g/mol. The Hall–Kier alpha value is -1.11. The Morgan fingerprint density at radius 3 is 2.29 bits per heavy atom. The van der Waals surface area contributed by atoms with Gasteiger partial charge in [-0.2, -0.15) is 0 Å². The van der Waals surface area contributed by atoms with Crippen LogP contribution in [0.25, 0.3) is 10.1 Å². The zero-order valence-electron chi connectivity index (χ0n) is 11.9. The first-order valence-electron chi connectivity index (χ1n) is 6.66. The van der Waals surface area contributed by atoms with Gasteiger partial charge in [0.2, 0.25) is 0 Å². The predicted molar refractivity (Wildman–Crippen MR) is 100 cm³/mol. The summed E-state index contributed by atoms with van der Waals surface area (Å²) < 4.78 is 25.4. The van der Waals surface area contributed by atoms with E-state index in [-0.39, 0.29) is 15.7 Å². The predicted octanol–water partition coefficient (Wildman–Crippen LogP) is 5.20. The van der Waals surface area contributed by atoms with Crippen molar-refractivity contribution < 1.29 is 8.42 Å². The summed E-state index contributed by atoms with van der Waals surface area (Å²) >= 11 is 18.6. The molecule has 0 spiro atoms. The fraction of sp³-hybridized carbons (Fsp3) is 0.0625. The van der Waals surface area contributed by atoms with E-state index in [9.17, 15) is 13.2 Å². The van der Waals surface area contributed by atoms with Crippen molar-refractivity contribution >= 4 is 66.1 Å². The van der Waals surface area contributed by atoms with E-state index >= 15 is 0 Å². The third-order valence-electron chi connectivity index (χ3n) is 3.36. The Bertz CT molecular complexity index is 1110. The van der Waals surface area contributed by atoms with Crippen LogP contribution in [-0.2, 0) is 15.6 Å². The van der Waals surface area contributed by atoms with Crippen LogP contribution in [0.2, 0.25) is 15.1 Å². The lowest BCUT2D eigenvalue weighted by atomic mass is 10.2. The maximum Gasteiger partial charge on any atom is 0.251 e. The van der Waals surface area contributed by atoms with Crippen LogP contribution in [0, 0.1) is 0 Å². The number of benzene rings is 2. The van der Waals surface area contributed by atoms with E-state index < -0.39 is 14.6 Å². The molecule has 0 N–H and O–H groups in total. The van der Waals surface area contributed by atoms with E-state index in [0.29, 0.717) is 25.7 Å². The average Bonchev–Trinajstić information content (AvgIpc) is 2.49. The molecule has 0 saturated heterocycles. The van der Waals surface area contributed by atoms with Gasteiger partial charge in [-0.3, -0.25) is 4.79 Å². The Morgan fingerprint density at radius 1 is 0.917 bits per heavy atom. The quantitative estimate of drug-likeness (QED) is 0.586. The highest BCUT2D eigenvalue weighted by Gasteiger charge is 2.21. The topological polar surface area (TPSA) is 51.2 Å². The fourth-order valence-electron chi connectivity index (χ4n) is 2.20. The number of fused-ring (bicyclic) bond motifs is 1. The van der Waals surface area contributed by atoms with Gasteiger partial charge in [0, 0.05) is 19.8 Å². The van der Waals surface area contributed by atoms with Gasteiger partial charge in [-0.1, -0.05) is 58.3 Å². The maximum atomic E-state index is 12.7. The summed E-state index contributed by atoms with van der Waals surface area (Å²) in [7, 11) is -3.84. The van der Waals surface area contributed by atoms with Crippen molar-refractivity contribution in [2.45, 2.75) is 10.6 Å². The standard InChI is InChI=1S/C16H9Cl3O3S2/c17-11-4-2-10(13(19)6-11)8-24(21,22)15-5-9-1-3-12(18)7-14(9)23-16(15)20/h1-7H,8H2. The lowest BCUT2D eigenvalue weighted by molar-refractivity contribution is 0.595. The number of hydrogen-bond acceptors (Lipinski definition) is 4. The molecule has 0 radical (unpaired) electrons. The Kier molecular flexibility index (Phi) is 4.91. The van der Waals surface area contributed by atoms with Crippen LogP contribution in [0.4, 0.5) is 0 Å². The molecule has 0 aliphatic heterocycles. The highest BCUT2D eigenvalue weighted by Crippen LogP contribution is 2.27. The minimum Gasteiger partial charge on any atom is -0.276 e. The van der Waals surface area contributed by atoms with Gasteiger partial charge >= 0.3 is 0 Å². The minimum atomic E-state index is -3.84. The molecule has 124 valence electrons. The molecule has 0 unspecified atom stereocenters. The van der Waals surface area contributed by atoms with Crippen molar-refractivity contribution in [3.8, 4) is 0 Å². The Morgan fingerprint density at radius 2 is 1.58 bits per heavy atom. The van der Waals surface area contributed by atoms with E-state index in [4.69, 9.17) is 34.8 Å². The van der Waals surface area contributed by atoms with Crippen molar-refractivity contribution in [3.63, 3.8) is 0 Å². The molecule has 0 saturated carbocycles. The van der Waals surface area contributed by atoms with Crippen LogP contribution in [0.15, 0.2) is 52.2 Å². The van der Waals surface area contributed by atoms with E-state index in [2.05, 4.69) is 0 Å². The molecule has 0 fully saturated rings. The summed E-state index contributed by atoms with van der Waals surface area (Å²) in [6.45, 7) is 0. The highest BCUT2D eigenvalue weighted by molar-refractivity contribution is 7.90. The van der Waals surface area contributed by atoms with Gasteiger partial charge < -0.3 is 0 Å². The molecular formula is C16H9Cl3O3S2. The van der Waals surface area contributed by atoms with Crippen LogP contribution in [0.1, 0.15) is 5.56 Å². The SMILES string of the molecule is O=c1sc2cc(Cl)ccc2cc1S(=O)(=O)Cc1ccc(Cl)cc1Cl. The number of hydrogen-bond donors (Lipinski definition) is 0. The van der Waals surface area contributed by atoms with Gasteiger partial charge in [0.1, 0.15) is 4.90 Å². The van der Waals surface area contributed by atoms with Gasteiger partial charge in [0.25, 0.3) is 4.74 Å². The average molecular weight is 420 g/mol. The molecule has 8 heteroatoms. The minimum absolute atomic E-state index is 0.242. The normalized spacial score (nSPS) is 11.8. The summed E-state index contributed by atoms with van der Waals surface area (Å²) in [5.74, 6) is -0.371. The molecule has 24 heavy (non-hydrogen) atoms. The summed E-state index contributed by atoms with van der Waals surface area (Å²) in [4.78, 5) is 12.0. The van der Waals surface area contributed by atoms with E-state index in [1.165, 1.54) is 18.2 Å². The molecule has 1 heterocycles. The van der Waals surface area contributed by atoms with Crippen LogP contribution in [-0.4, -0.2) is 8.42 Å². The molecule has 3 aromatic rings. The lowest BCUT2D eigenvalue weighted by Crippen LogP contribution is -2.14. The molecule has 0 aliphatic carbocycles. The molecule has 0 aliphatic rings. The smallest absolute Gasteiger partial charge is 0.251 e. The summed E-state index contributed by atoms with van der Waals surface area (Å²) in [5, 5.41) is 1.79. The van der Waals surface area contributed by atoms with Crippen molar-refractivity contribution in [1.82, 2.24) is 0 Å². The third kappa shape index (κ3) is 3.60. The molecule has 3 rings (SSSR count). The van der Waals surface area contributed by atoms with E-state index in [1.807, 2.05) is 0 Å². The number of rotatable bonds is 3. The molecule has 0 amide bonds. The first-order chi connectivity index (χ1) is 11.3. The van der Waals surface area contributed by atoms with Gasteiger partial charge in [-0.15, -0.1) is 0 Å². The fourth-order valence-corrected chi connectivity index (χ4v) is 5.67. The van der Waals surface area contributed by atoms with Crippen LogP contribution < -0.4 is 4.74 Å². The summed E-state index contributed by atoms with van der Waals surface area (Å²) in [6, 6.07) is 10.9. The van der Waals surface area contributed by atoms with Crippen LogP contribution in [0.5, 0.6) is 0 Å². The highest BCUT2D eigenvalue weighted by atomic mass is 35.5. The van der Waals surface area contributed by atoms with Crippen molar-refractivity contribution in [2.24, 2.45) is 0 Å². The van der Waals surface area contributed by atoms with Crippen molar-refractivity contribution in [3.05, 3.63) is 72.6 Å². The lowest BCUT2D eigenvalue weighted by Gasteiger charge is -2.07. The summed E-state index contributed by atoms with van der Waals surface area (Å²) in [5.41, 5.74) is 0.390. The second-order valence-corrected chi connectivity index (χ2v) is 9.33. The Balaban J connectivity index is 2.09. The largest absolute Gasteiger partial charge is 0.276 e. The monoisotopic (exact) mass is 418 g/mol. The van der Waals surface area contributed by atoms with Gasteiger partial charge in [0.05, 0.1) is 5.75 Å². The zero-order chi connectivity index (χ0) is 17.5. The van der Waals surface area contributed by atoms with Crippen LogP contribution in [0.3, 0.4) is 0 Å². The molecule has 0 atom stereocenters. The zero-order valence-corrected chi connectivity index (χ0v) is 15.8. The molecule has 1 aromatic heterocycles. The first-order valence-corrected chi connectivity index (χ1v) is 10.3. The third-order valence-corrected chi connectivity index (χ3v) is 6.96.